The second kappa shape index (κ2) is 8.41. The maximum Gasteiger partial charge on any atom is 0.313 e. The molecule has 2 rings (SSSR count). The zero-order valence-electron chi connectivity index (χ0n) is 12.8. The highest BCUT2D eigenvalue weighted by atomic mass is 32.2. The zero-order chi connectivity index (χ0) is 15.9. The minimum absolute atomic E-state index is 0.0617. The molecule has 1 heterocycles. The lowest BCUT2D eigenvalue weighted by Crippen LogP contribution is -2.58. The van der Waals surface area contributed by atoms with E-state index in [1.807, 2.05) is 0 Å². The van der Waals surface area contributed by atoms with Crippen molar-refractivity contribution in [3.8, 4) is 0 Å². The molecule has 7 heteroatoms. The average molecular weight is 328 g/mol. The van der Waals surface area contributed by atoms with Gasteiger partial charge >= 0.3 is 5.97 Å². The number of carbonyl (C=O) groups is 3. The van der Waals surface area contributed by atoms with Gasteiger partial charge in [0.2, 0.25) is 11.8 Å². The average Bonchev–Trinajstić information content (AvgIpc) is 2.50. The molecule has 0 aromatic carbocycles. The van der Waals surface area contributed by atoms with Crippen LogP contribution in [0.2, 0.25) is 0 Å². The van der Waals surface area contributed by atoms with Gasteiger partial charge < -0.3 is 15.3 Å². The molecule has 2 aliphatic rings. The van der Waals surface area contributed by atoms with Crippen molar-refractivity contribution in [3.05, 3.63) is 0 Å². The van der Waals surface area contributed by atoms with Crippen LogP contribution in [0.3, 0.4) is 0 Å². The van der Waals surface area contributed by atoms with Crippen LogP contribution in [0, 0.1) is 5.92 Å². The predicted octanol–water partition coefficient (Wildman–Crippen LogP) is 1.10. The van der Waals surface area contributed by atoms with E-state index < -0.39 is 5.97 Å². The van der Waals surface area contributed by atoms with Crippen molar-refractivity contribution in [1.82, 2.24) is 10.2 Å². The van der Waals surface area contributed by atoms with Crippen LogP contribution in [0.5, 0.6) is 0 Å². The van der Waals surface area contributed by atoms with E-state index in [1.165, 1.54) is 19.3 Å². The molecule has 2 amide bonds. The lowest BCUT2D eigenvalue weighted by molar-refractivity contribution is -0.142. The number of carbonyl (C=O) groups excluding carboxylic acids is 2. The van der Waals surface area contributed by atoms with Crippen LogP contribution in [0.25, 0.3) is 0 Å². The van der Waals surface area contributed by atoms with Gasteiger partial charge in [-0.25, -0.2) is 0 Å². The summed E-state index contributed by atoms with van der Waals surface area (Å²) >= 11 is 1.09. The third-order valence-corrected chi connectivity index (χ3v) is 5.29. The molecule has 0 aromatic rings. The van der Waals surface area contributed by atoms with Crippen molar-refractivity contribution in [2.24, 2.45) is 5.92 Å². The molecule has 0 radical (unpaired) electrons. The Kier molecular flexibility index (Phi) is 6.54. The lowest BCUT2D eigenvalue weighted by Gasteiger charge is -2.37. The summed E-state index contributed by atoms with van der Waals surface area (Å²) in [5.74, 6) is -0.548. The predicted molar refractivity (Wildman–Crippen MR) is 84.7 cm³/mol. The summed E-state index contributed by atoms with van der Waals surface area (Å²) in [5, 5.41) is 11.5. The third kappa shape index (κ3) is 4.90. The number of nitrogens with one attached hydrogen (secondary N) is 1. The standard InChI is InChI=1S/C15H24N2O4S/c18-13(9-22-10-14(19)20)17-7-6-16-15(21)12(17)8-11-4-2-1-3-5-11/h11-12H,1-10H2,(H,16,21)(H,19,20). The number of rotatable bonds is 6. The Labute approximate surface area is 135 Å². The number of piperazine rings is 1. The molecule has 1 unspecified atom stereocenters. The first kappa shape index (κ1) is 17.1. The van der Waals surface area contributed by atoms with E-state index in [-0.39, 0.29) is 29.4 Å². The van der Waals surface area contributed by atoms with E-state index >= 15 is 0 Å². The molecule has 1 atom stereocenters. The Balaban J connectivity index is 1.91. The Morgan fingerprint density at radius 1 is 1.23 bits per heavy atom. The highest BCUT2D eigenvalue weighted by molar-refractivity contribution is 8.00. The molecule has 124 valence electrons. The summed E-state index contributed by atoms with van der Waals surface area (Å²) in [6.45, 7) is 1.00. The molecule has 6 nitrogen and oxygen atoms in total. The maximum atomic E-state index is 12.3. The normalized spacial score (nSPS) is 23.2. The summed E-state index contributed by atoms with van der Waals surface area (Å²) in [7, 11) is 0. The summed E-state index contributed by atoms with van der Waals surface area (Å²) in [6, 6.07) is -0.380. The quantitative estimate of drug-likeness (QED) is 0.762. The fourth-order valence-corrected chi connectivity index (χ4v) is 3.91. The third-order valence-electron chi connectivity index (χ3n) is 4.38. The van der Waals surface area contributed by atoms with Crippen LogP contribution in [0.15, 0.2) is 0 Å². The molecule has 1 saturated heterocycles. The topological polar surface area (TPSA) is 86.7 Å². The van der Waals surface area contributed by atoms with Gasteiger partial charge in [0.05, 0.1) is 11.5 Å². The van der Waals surface area contributed by atoms with Crippen LogP contribution in [0.4, 0.5) is 0 Å². The van der Waals surface area contributed by atoms with Gasteiger partial charge in [0.1, 0.15) is 6.04 Å². The monoisotopic (exact) mass is 328 g/mol. The van der Waals surface area contributed by atoms with Crippen LogP contribution in [-0.4, -0.2) is 58.4 Å². The maximum absolute atomic E-state index is 12.3. The van der Waals surface area contributed by atoms with Crippen molar-refractivity contribution < 1.29 is 19.5 Å². The molecule has 1 aliphatic heterocycles. The van der Waals surface area contributed by atoms with Crippen LogP contribution >= 0.6 is 11.8 Å². The van der Waals surface area contributed by atoms with Gasteiger partial charge in [0, 0.05) is 13.1 Å². The number of nitrogens with zero attached hydrogens (tertiary/aromatic N) is 1. The first-order valence-corrected chi connectivity index (χ1v) is 9.10. The second-order valence-corrected chi connectivity index (χ2v) is 7.01. The lowest BCUT2D eigenvalue weighted by atomic mass is 9.84. The number of carboxylic acid groups (broad SMARTS) is 1. The number of aliphatic carboxylic acids is 1. The highest BCUT2D eigenvalue weighted by Crippen LogP contribution is 2.29. The zero-order valence-corrected chi connectivity index (χ0v) is 13.6. The van der Waals surface area contributed by atoms with E-state index in [4.69, 9.17) is 5.11 Å². The fourth-order valence-electron chi connectivity index (χ4n) is 3.29. The molecule has 2 fully saturated rings. The number of amides is 2. The van der Waals surface area contributed by atoms with Crippen molar-refractivity contribution in [2.75, 3.05) is 24.6 Å². The van der Waals surface area contributed by atoms with E-state index in [1.54, 1.807) is 4.90 Å². The first-order chi connectivity index (χ1) is 10.6. The van der Waals surface area contributed by atoms with E-state index in [2.05, 4.69) is 5.32 Å². The minimum atomic E-state index is -0.923. The van der Waals surface area contributed by atoms with Gasteiger partial charge in [-0.15, -0.1) is 11.8 Å². The van der Waals surface area contributed by atoms with Crippen LogP contribution in [-0.2, 0) is 14.4 Å². The molecule has 0 bridgehead atoms. The van der Waals surface area contributed by atoms with Gasteiger partial charge in [0.15, 0.2) is 0 Å². The fraction of sp³-hybridized carbons (Fsp3) is 0.800. The Bertz CT molecular complexity index is 424. The first-order valence-electron chi connectivity index (χ1n) is 7.94. The summed E-state index contributed by atoms with van der Waals surface area (Å²) in [6.07, 6.45) is 6.70. The van der Waals surface area contributed by atoms with Crippen molar-refractivity contribution >= 4 is 29.5 Å². The molecule has 1 saturated carbocycles. The smallest absolute Gasteiger partial charge is 0.313 e. The molecule has 2 N–H and O–H groups in total. The van der Waals surface area contributed by atoms with E-state index in [0.717, 1.165) is 31.0 Å². The number of hydrogen-bond donors (Lipinski definition) is 2. The van der Waals surface area contributed by atoms with Gasteiger partial charge in [-0.05, 0) is 12.3 Å². The SMILES string of the molecule is O=C(O)CSCC(=O)N1CCNC(=O)C1CC1CCCCC1. The summed E-state index contributed by atoms with van der Waals surface area (Å²) < 4.78 is 0. The van der Waals surface area contributed by atoms with Gasteiger partial charge in [-0.1, -0.05) is 32.1 Å². The summed E-state index contributed by atoms with van der Waals surface area (Å²) in [4.78, 5) is 36.6. The molecule has 22 heavy (non-hydrogen) atoms. The summed E-state index contributed by atoms with van der Waals surface area (Å²) in [5.41, 5.74) is 0. The highest BCUT2D eigenvalue weighted by Gasteiger charge is 2.34. The van der Waals surface area contributed by atoms with Crippen molar-refractivity contribution in [1.29, 1.82) is 0 Å². The largest absolute Gasteiger partial charge is 0.481 e. The van der Waals surface area contributed by atoms with E-state index in [0.29, 0.717) is 19.0 Å². The van der Waals surface area contributed by atoms with Crippen LogP contribution in [0.1, 0.15) is 38.5 Å². The molecule has 1 aliphatic carbocycles. The van der Waals surface area contributed by atoms with Crippen molar-refractivity contribution in [3.63, 3.8) is 0 Å². The van der Waals surface area contributed by atoms with Crippen molar-refractivity contribution in [2.45, 2.75) is 44.6 Å². The van der Waals surface area contributed by atoms with Gasteiger partial charge in [-0.3, -0.25) is 14.4 Å². The van der Waals surface area contributed by atoms with Gasteiger partial charge in [0.25, 0.3) is 0 Å². The Morgan fingerprint density at radius 3 is 2.64 bits per heavy atom. The molecular formula is C15H24N2O4S. The number of hydrogen-bond acceptors (Lipinski definition) is 4. The molecule has 0 spiro atoms. The Hall–Kier alpha value is -1.24. The second-order valence-electron chi connectivity index (χ2n) is 6.02. The number of thioether (sulfide) groups is 1. The Morgan fingerprint density at radius 2 is 1.95 bits per heavy atom. The van der Waals surface area contributed by atoms with Gasteiger partial charge in [-0.2, -0.15) is 0 Å². The van der Waals surface area contributed by atoms with E-state index in [9.17, 15) is 14.4 Å². The number of carboxylic acids is 1. The minimum Gasteiger partial charge on any atom is -0.481 e. The molecule has 0 aromatic heterocycles. The molecular weight excluding hydrogens is 304 g/mol. The van der Waals surface area contributed by atoms with Crippen LogP contribution < -0.4 is 5.32 Å².